The topological polar surface area (TPSA) is 50.8 Å². The van der Waals surface area contributed by atoms with Crippen LogP contribution in [-0.2, 0) is 22.6 Å². The Kier molecular flexibility index (Phi) is 7.17. The maximum Gasteiger partial charge on any atom is 0.410 e. The van der Waals surface area contributed by atoms with Crippen LogP contribution in [0.15, 0.2) is 18.2 Å². The fourth-order valence-electron chi connectivity index (χ4n) is 4.74. The van der Waals surface area contributed by atoms with Crippen molar-refractivity contribution in [1.29, 1.82) is 0 Å². The fraction of sp³-hybridized carbons (Fsp3) is 0.696. The summed E-state index contributed by atoms with van der Waals surface area (Å²) in [5.41, 5.74) is 1.17. The third kappa shape index (κ3) is 5.70. The number of nitrogens with one attached hydrogen (secondary N) is 1. The van der Waals surface area contributed by atoms with Crippen molar-refractivity contribution < 1.29 is 18.7 Å². The number of carbonyl (C=O) groups excluding carboxylic acids is 1. The van der Waals surface area contributed by atoms with Crippen LogP contribution >= 0.6 is 0 Å². The molecule has 1 aliphatic carbocycles. The highest BCUT2D eigenvalue weighted by Crippen LogP contribution is 2.36. The molecule has 0 spiro atoms. The Hall–Kier alpha value is -1.66. The molecule has 0 aromatic heterocycles. The lowest BCUT2D eigenvalue weighted by Gasteiger charge is -2.34. The predicted octanol–water partition coefficient (Wildman–Crippen LogP) is 4.63. The fourth-order valence-corrected chi connectivity index (χ4v) is 4.74. The van der Waals surface area contributed by atoms with Gasteiger partial charge in [-0.3, -0.25) is 0 Å². The van der Waals surface area contributed by atoms with E-state index in [2.05, 4.69) is 5.32 Å². The van der Waals surface area contributed by atoms with Gasteiger partial charge in [0, 0.05) is 37.8 Å². The summed E-state index contributed by atoms with van der Waals surface area (Å²) in [6.45, 7) is 7.49. The summed E-state index contributed by atoms with van der Waals surface area (Å²) in [5, 5.41) is 3.68. The lowest BCUT2D eigenvalue weighted by atomic mass is 9.92. The lowest BCUT2D eigenvalue weighted by Crippen LogP contribution is -2.47. The van der Waals surface area contributed by atoms with Crippen molar-refractivity contribution in [2.75, 3.05) is 13.7 Å². The number of hydrogen-bond acceptors (Lipinski definition) is 4. The minimum absolute atomic E-state index is 0.187. The molecule has 1 heterocycles. The third-order valence-corrected chi connectivity index (χ3v) is 5.97. The van der Waals surface area contributed by atoms with Crippen molar-refractivity contribution >= 4 is 6.09 Å². The van der Waals surface area contributed by atoms with Gasteiger partial charge < -0.3 is 19.7 Å². The van der Waals surface area contributed by atoms with Crippen molar-refractivity contribution in [3.05, 3.63) is 35.1 Å². The van der Waals surface area contributed by atoms with Crippen LogP contribution < -0.4 is 5.32 Å². The van der Waals surface area contributed by atoms with Crippen LogP contribution in [0.1, 0.15) is 64.0 Å². The Morgan fingerprint density at radius 3 is 2.76 bits per heavy atom. The molecule has 162 valence electrons. The third-order valence-electron chi connectivity index (χ3n) is 5.97. The molecule has 6 heteroatoms. The summed E-state index contributed by atoms with van der Waals surface area (Å²) >= 11 is 0. The lowest BCUT2D eigenvalue weighted by molar-refractivity contribution is 0.0166. The van der Waals surface area contributed by atoms with Crippen LogP contribution in [-0.4, -0.2) is 42.3 Å². The van der Waals surface area contributed by atoms with Gasteiger partial charge in [0.25, 0.3) is 0 Å². The van der Waals surface area contributed by atoms with Crippen molar-refractivity contribution in [3.8, 4) is 0 Å². The Morgan fingerprint density at radius 1 is 1.24 bits per heavy atom. The highest BCUT2D eigenvalue weighted by atomic mass is 19.1. The van der Waals surface area contributed by atoms with Gasteiger partial charge in [0.15, 0.2) is 0 Å². The molecule has 1 aromatic rings. The summed E-state index contributed by atoms with van der Waals surface area (Å²) in [6.07, 6.45) is 5.28. The van der Waals surface area contributed by atoms with Crippen LogP contribution in [0.2, 0.25) is 0 Å². The summed E-state index contributed by atoms with van der Waals surface area (Å²) < 4.78 is 24.6. The summed E-state index contributed by atoms with van der Waals surface area (Å²) in [7, 11) is 1.57. The molecule has 3 atom stereocenters. The van der Waals surface area contributed by atoms with E-state index in [0.717, 1.165) is 37.8 Å². The van der Waals surface area contributed by atoms with Crippen molar-refractivity contribution in [2.24, 2.45) is 5.92 Å². The number of benzene rings is 1. The number of carbonyl (C=O) groups is 1. The molecule has 2 fully saturated rings. The van der Waals surface area contributed by atoms with Crippen LogP contribution in [0.3, 0.4) is 0 Å². The quantitative estimate of drug-likeness (QED) is 0.748. The van der Waals surface area contributed by atoms with Crippen LogP contribution in [0.4, 0.5) is 9.18 Å². The van der Waals surface area contributed by atoms with Gasteiger partial charge in [0.05, 0.1) is 6.61 Å². The normalized spacial score (nSPS) is 24.9. The molecule has 0 unspecified atom stereocenters. The van der Waals surface area contributed by atoms with Gasteiger partial charge in [-0.05, 0) is 70.1 Å². The smallest absolute Gasteiger partial charge is 0.410 e. The number of likely N-dealkylation sites (tertiary alicyclic amines) is 1. The Morgan fingerprint density at radius 2 is 2.03 bits per heavy atom. The van der Waals surface area contributed by atoms with E-state index in [1.54, 1.807) is 7.11 Å². The van der Waals surface area contributed by atoms with E-state index in [4.69, 9.17) is 9.47 Å². The Labute approximate surface area is 173 Å². The molecule has 1 amide bonds. The highest BCUT2D eigenvalue weighted by molar-refractivity contribution is 5.69. The van der Waals surface area contributed by atoms with Gasteiger partial charge in [0.1, 0.15) is 11.4 Å². The Bertz CT molecular complexity index is 704. The molecular weight excluding hydrogens is 371 g/mol. The first-order valence-corrected chi connectivity index (χ1v) is 10.8. The molecule has 2 aliphatic rings. The van der Waals surface area contributed by atoms with Crippen molar-refractivity contribution in [3.63, 3.8) is 0 Å². The average molecular weight is 407 g/mol. The van der Waals surface area contributed by atoms with Gasteiger partial charge in [-0.1, -0.05) is 12.5 Å². The van der Waals surface area contributed by atoms with E-state index in [9.17, 15) is 9.18 Å². The molecule has 1 saturated carbocycles. The summed E-state index contributed by atoms with van der Waals surface area (Å²) in [4.78, 5) is 14.6. The van der Waals surface area contributed by atoms with E-state index in [1.807, 2.05) is 37.8 Å². The zero-order valence-corrected chi connectivity index (χ0v) is 18.2. The number of rotatable bonds is 6. The van der Waals surface area contributed by atoms with Crippen molar-refractivity contribution in [1.82, 2.24) is 10.2 Å². The number of ether oxygens (including phenoxy) is 2. The molecule has 1 aliphatic heterocycles. The monoisotopic (exact) mass is 406 g/mol. The minimum Gasteiger partial charge on any atom is -0.444 e. The van der Waals surface area contributed by atoms with E-state index < -0.39 is 5.60 Å². The summed E-state index contributed by atoms with van der Waals surface area (Å²) in [5.74, 6) is 0.206. The van der Waals surface area contributed by atoms with E-state index in [0.29, 0.717) is 24.1 Å². The Balaban J connectivity index is 1.62. The van der Waals surface area contributed by atoms with Gasteiger partial charge in [-0.25, -0.2) is 9.18 Å². The molecule has 1 saturated heterocycles. The molecule has 0 radical (unpaired) electrons. The zero-order valence-electron chi connectivity index (χ0n) is 18.2. The van der Waals surface area contributed by atoms with Gasteiger partial charge in [-0.15, -0.1) is 0 Å². The van der Waals surface area contributed by atoms with Crippen molar-refractivity contribution in [2.45, 2.75) is 83.7 Å². The maximum absolute atomic E-state index is 13.9. The molecule has 1 aromatic carbocycles. The van der Waals surface area contributed by atoms with Gasteiger partial charge in [0.2, 0.25) is 0 Å². The first kappa shape index (κ1) is 22.0. The molecule has 29 heavy (non-hydrogen) atoms. The highest BCUT2D eigenvalue weighted by Gasteiger charge is 2.41. The SMILES string of the molecule is COCc1cc(CN[C@@H]2CCC[C@@H]2[C@@H]2CCCN2C(=O)OC(C)(C)C)ccc1F. The summed E-state index contributed by atoms with van der Waals surface area (Å²) in [6, 6.07) is 5.81. The predicted molar refractivity (Wildman–Crippen MR) is 111 cm³/mol. The second-order valence-corrected chi connectivity index (χ2v) is 9.32. The molecular formula is C23H35FN2O3. The standard InChI is InChI=1S/C23H35FN2O3/c1-23(2,3)29-22(27)26-12-6-9-21(26)18-7-5-8-20(18)25-14-16-10-11-19(24)17(13-16)15-28-4/h10-11,13,18,20-21,25H,5-9,12,14-15H2,1-4H3/t18-,20+,21-/m0/s1. The first-order chi connectivity index (χ1) is 13.8. The number of hydrogen-bond donors (Lipinski definition) is 1. The van der Waals surface area contributed by atoms with Crippen LogP contribution in [0, 0.1) is 11.7 Å². The van der Waals surface area contributed by atoms with Gasteiger partial charge in [-0.2, -0.15) is 0 Å². The number of amides is 1. The number of methoxy groups -OCH3 is 1. The van der Waals surface area contributed by atoms with E-state index in [1.165, 1.54) is 12.5 Å². The molecule has 0 bridgehead atoms. The minimum atomic E-state index is -0.472. The van der Waals surface area contributed by atoms with E-state index >= 15 is 0 Å². The van der Waals surface area contributed by atoms with E-state index in [-0.39, 0.29) is 24.6 Å². The maximum atomic E-state index is 13.9. The largest absolute Gasteiger partial charge is 0.444 e. The molecule has 1 N–H and O–H groups in total. The number of nitrogens with zero attached hydrogens (tertiary/aromatic N) is 1. The van der Waals surface area contributed by atoms with Gasteiger partial charge >= 0.3 is 6.09 Å². The van der Waals surface area contributed by atoms with Crippen LogP contribution in [0.5, 0.6) is 0 Å². The zero-order chi connectivity index (χ0) is 21.0. The first-order valence-electron chi connectivity index (χ1n) is 10.8. The molecule has 5 nitrogen and oxygen atoms in total. The molecule has 3 rings (SSSR count). The average Bonchev–Trinajstić information content (AvgIpc) is 3.29. The number of halogens is 1. The second-order valence-electron chi connectivity index (χ2n) is 9.32. The second kappa shape index (κ2) is 9.43. The van der Waals surface area contributed by atoms with Crippen LogP contribution in [0.25, 0.3) is 0 Å².